The van der Waals surface area contributed by atoms with Gasteiger partial charge in [-0.2, -0.15) is 0 Å². The number of aromatic nitrogens is 1. The summed E-state index contributed by atoms with van der Waals surface area (Å²) in [7, 11) is 0. The van der Waals surface area contributed by atoms with Crippen molar-refractivity contribution in [1.82, 2.24) is 4.98 Å². The summed E-state index contributed by atoms with van der Waals surface area (Å²) >= 11 is 0. The first-order valence-corrected chi connectivity index (χ1v) is 5.78. The van der Waals surface area contributed by atoms with Gasteiger partial charge >= 0.3 is 0 Å². The molecular formula is C15H14FN. The minimum atomic E-state index is -0.297. The molecule has 1 aliphatic rings. The van der Waals surface area contributed by atoms with Gasteiger partial charge in [0.25, 0.3) is 0 Å². The molecule has 2 heteroatoms. The summed E-state index contributed by atoms with van der Waals surface area (Å²) in [4.78, 5) is 4.35. The third-order valence-corrected chi connectivity index (χ3v) is 3.63. The molecule has 0 fully saturated rings. The summed E-state index contributed by atoms with van der Waals surface area (Å²) in [6, 6.07) is 7.68. The molecule has 0 aliphatic heterocycles. The van der Waals surface area contributed by atoms with Crippen LogP contribution in [-0.4, -0.2) is 4.98 Å². The predicted molar refractivity (Wildman–Crippen MR) is 66.5 cm³/mol. The van der Waals surface area contributed by atoms with Crippen LogP contribution in [0.2, 0.25) is 0 Å². The fourth-order valence-electron chi connectivity index (χ4n) is 2.75. The molecule has 0 atom stereocenters. The normalized spacial score (nSPS) is 15.5. The molecule has 86 valence electrons. The number of pyridine rings is 1. The minimum Gasteiger partial charge on any atom is -0.256 e. The van der Waals surface area contributed by atoms with Gasteiger partial charge in [-0.3, -0.25) is 4.98 Å². The van der Waals surface area contributed by atoms with Crippen molar-refractivity contribution in [1.29, 1.82) is 0 Å². The molecule has 0 amide bonds. The zero-order valence-corrected chi connectivity index (χ0v) is 10.2. The fraction of sp³-hybridized carbons (Fsp3) is 0.267. The van der Waals surface area contributed by atoms with Crippen LogP contribution in [0, 0.1) is 12.7 Å². The van der Waals surface area contributed by atoms with Crippen molar-refractivity contribution in [2.75, 3.05) is 0 Å². The van der Waals surface area contributed by atoms with Crippen molar-refractivity contribution in [3.63, 3.8) is 0 Å². The molecule has 1 aliphatic carbocycles. The summed E-state index contributed by atoms with van der Waals surface area (Å²) in [5.41, 5.74) is 4.66. The summed E-state index contributed by atoms with van der Waals surface area (Å²) in [6.07, 6.45) is 1.54. The second-order valence-electron chi connectivity index (χ2n) is 5.19. The summed E-state index contributed by atoms with van der Waals surface area (Å²) in [5, 5.41) is 0. The number of nitrogens with zero attached hydrogens (tertiary/aromatic N) is 1. The second-order valence-corrected chi connectivity index (χ2v) is 5.19. The number of fused-ring (bicyclic) bond motifs is 3. The Morgan fingerprint density at radius 2 is 1.94 bits per heavy atom. The number of rotatable bonds is 0. The highest BCUT2D eigenvalue weighted by Crippen LogP contribution is 2.48. The van der Waals surface area contributed by atoms with Crippen molar-refractivity contribution in [2.45, 2.75) is 26.2 Å². The van der Waals surface area contributed by atoms with E-state index in [1.165, 1.54) is 17.2 Å². The topological polar surface area (TPSA) is 12.9 Å². The fourth-order valence-corrected chi connectivity index (χ4v) is 2.75. The monoisotopic (exact) mass is 227 g/mol. The molecule has 1 nitrogen and oxygen atoms in total. The lowest BCUT2D eigenvalue weighted by molar-refractivity contribution is 0.556. The second kappa shape index (κ2) is 3.16. The summed E-state index contributed by atoms with van der Waals surface area (Å²) < 4.78 is 14.0. The van der Waals surface area contributed by atoms with Gasteiger partial charge in [0.15, 0.2) is 0 Å². The highest BCUT2D eigenvalue weighted by Gasteiger charge is 2.38. The standard InChI is InChI=1S/C15H14FN/c1-9-4-5-10-11(8-9)15(2,3)13-12(16)6-7-17-14(10)13/h4-8H,1-3H3. The van der Waals surface area contributed by atoms with E-state index < -0.39 is 0 Å². The molecule has 2 aromatic rings. The Morgan fingerprint density at radius 3 is 2.71 bits per heavy atom. The molecule has 0 saturated carbocycles. The molecule has 0 bridgehead atoms. The Bertz CT molecular complexity index is 614. The molecular weight excluding hydrogens is 213 g/mol. The Hall–Kier alpha value is -1.70. The van der Waals surface area contributed by atoms with Gasteiger partial charge in [0.05, 0.1) is 5.69 Å². The third kappa shape index (κ3) is 1.27. The zero-order chi connectivity index (χ0) is 12.2. The Morgan fingerprint density at radius 1 is 1.18 bits per heavy atom. The number of hydrogen-bond acceptors (Lipinski definition) is 1. The summed E-state index contributed by atoms with van der Waals surface area (Å²) in [5.74, 6) is -0.158. The van der Waals surface area contributed by atoms with E-state index in [1.54, 1.807) is 6.20 Å². The predicted octanol–water partition coefficient (Wildman–Crippen LogP) is 3.84. The van der Waals surface area contributed by atoms with Crippen LogP contribution >= 0.6 is 0 Å². The van der Waals surface area contributed by atoms with E-state index >= 15 is 0 Å². The van der Waals surface area contributed by atoms with E-state index in [-0.39, 0.29) is 11.2 Å². The van der Waals surface area contributed by atoms with Crippen LogP contribution in [0.25, 0.3) is 11.3 Å². The maximum Gasteiger partial charge on any atom is 0.130 e. The lowest BCUT2D eigenvalue weighted by Gasteiger charge is -2.21. The van der Waals surface area contributed by atoms with E-state index in [2.05, 4.69) is 37.9 Å². The van der Waals surface area contributed by atoms with E-state index in [1.807, 2.05) is 6.07 Å². The molecule has 17 heavy (non-hydrogen) atoms. The van der Waals surface area contributed by atoms with Crippen molar-refractivity contribution < 1.29 is 4.39 Å². The molecule has 3 rings (SSSR count). The average molecular weight is 227 g/mol. The van der Waals surface area contributed by atoms with Gasteiger partial charge in [-0.15, -0.1) is 0 Å². The van der Waals surface area contributed by atoms with E-state index in [9.17, 15) is 4.39 Å². The van der Waals surface area contributed by atoms with Crippen LogP contribution in [0.15, 0.2) is 30.5 Å². The maximum absolute atomic E-state index is 14.0. The molecule has 0 N–H and O–H groups in total. The molecule has 0 spiro atoms. The van der Waals surface area contributed by atoms with Crippen molar-refractivity contribution in [3.8, 4) is 11.3 Å². The van der Waals surface area contributed by atoms with Gasteiger partial charge in [-0.25, -0.2) is 4.39 Å². The minimum absolute atomic E-state index is 0.158. The van der Waals surface area contributed by atoms with Gasteiger partial charge < -0.3 is 0 Å². The molecule has 1 aromatic heterocycles. The van der Waals surface area contributed by atoms with Crippen molar-refractivity contribution >= 4 is 0 Å². The lowest BCUT2D eigenvalue weighted by atomic mass is 9.82. The molecule has 0 saturated heterocycles. The van der Waals surface area contributed by atoms with Gasteiger partial charge in [0.1, 0.15) is 5.82 Å². The number of halogens is 1. The highest BCUT2D eigenvalue weighted by atomic mass is 19.1. The Balaban J connectivity index is 2.42. The van der Waals surface area contributed by atoms with Crippen LogP contribution in [-0.2, 0) is 5.41 Å². The molecule has 0 radical (unpaired) electrons. The Kier molecular flexibility index (Phi) is 1.94. The number of benzene rings is 1. The lowest BCUT2D eigenvalue weighted by Crippen LogP contribution is -2.17. The van der Waals surface area contributed by atoms with Crippen LogP contribution in [0.5, 0.6) is 0 Å². The molecule has 0 unspecified atom stereocenters. The largest absolute Gasteiger partial charge is 0.256 e. The SMILES string of the molecule is Cc1ccc2c(c1)C(C)(C)c1c(F)ccnc1-2. The van der Waals surface area contributed by atoms with Crippen LogP contribution in [0.3, 0.4) is 0 Å². The summed E-state index contributed by atoms with van der Waals surface area (Å²) in [6.45, 7) is 6.17. The number of aryl methyl sites for hydroxylation is 1. The molecule has 1 heterocycles. The van der Waals surface area contributed by atoms with Crippen LogP contribution in [0.4, 0.5) is 4.39 Å². The van der Waals surface area contributed by atoms with E-state index in [0.717, 1.165) is 16.8 Å². The zero-order valence-electron chi connectivity index (χ0n) is 10.2. The first-order valence-electron chi connectivity index (χ1n) is 5.78. The molecule has 1 aromatic carbocycles. The first-order chi connectivity index (χ1) is 8.01. The van der Waals surface area contributed by atoms with Gasteiger partial charge in [-0.05, 0) is 18.6 Å². The quantitative estimate of drug-likeness (QED) is 0.666. The van der Waals surface area contributed by atoms with Gasteiger partial charge in [0.2, 0.25) is 0 Å². The van der Waals surface area contributed by atoms with Gasteiger partial charge in [-0.1, -0.05) is 37.6 Å². The average Bonchev–Trinajstić information content (AvgIpc) is 2.49. The van der Waals surface area contributed by atoms with Gasteiger partial charge in [0, 0.05) is 22.7 Å². The van der Waals surface area contributed by atoms with E-state index in [0.29, 0.717) is 0 Å². The van der Waals surface area contributed by atoms with Crippen molar-refractivity contribution in [2.24, 2.45) is 0 Å². The van der Waals surface area contributed by atoms with E-state index in [4.69, 9.17) is 0 Å². The third-order valence-electron chi connectivity index (χ3n) is 3.63. The van der Waals surface area contributed by atoms with Crippen molar-refractivity contribution in [3.05, 3.63) is 53.0 Å². The maximum atomic E-state index is 14.0. The number of hydrogen-bond donors (Lipinski definition) is 0. The Labute approximate surface area is 100 Å². The highest BCUT2D eigenvalue weighted by molar-refractivity contribution is 5.78. The smallest absolute Gasteiger partial charge is 0.130 e. The first kappa shape index (κ1) is 10.5. The van der Waals surface area contributed by atoms with Crippen LogP contribution < -0.4 is 0 Å². The van der Waals surface area contributed by atoms with Crippen LogP contribution in [0.1, 0.15) is 30.5 Å².